The number of alkyl halides is 3. The van der Waals surface area contributed by atoms with E-state index in [1.54, 1.807) is 0 Å². The first kappa shape index (κ1) is 19.7. The number of nitrogens with zero attached hydrogens (tertiary/aromatic N) is 1. The van der Waals surface area contributed by atoms with Gasteiger partial charge in [0.25, 0.3) is 0 Å². The summed E-state index contributed by atoms with van der Waals surface area (Å²) in [6.07, 6.45) is -3.82. The molecule has 142 valence electrons. The molecule has 1 aromatic carbocycles. The minimum absolute atomic E-state index is 0.221. The second-order valence-corrected chi connectivity index (χ2v) is 5.55. The highest BCUT2D eigenvalue weighted by Gasteiger charge is 2.31. The quantitative estimate of drug-likeness (QED) is 0.759. The summed E-state index contributed by atoms with van der Waals surface area (Å²) in [6, 6.07) is 5.77. The van der Waals surface area contributed by atoms with E-state index in [-0.39, 0.29) is 11.5 Å². The van der Waals surface area contributed by atoms with Gasteiger partial charge in [0.05, 0.1) is 25.6 Å². The second kappa shape index (κ2) is 8.16. The zero-order valence-electron chi connectivity index (χ0n) is 15.0. The van der Waals surface area contributed by atoms with Gasteiger partial charge in [-0.05, 0) is 37.1 Å². The molecule has 2 rings (SSSR count). The monoisotopic (exact) mass is 370 g/mol. The first-order chi connectivity index (χ1) is 12.3. The molecule has 0 radical (unpaired) electrons. The summed E-state index contributed by atoms with van der Waals surface area (Å²) in [4.78, 5) is 4.50. The van der Waals surface area contributed by atoms with Crippen LogP contribution in [0.3, 0.4) is 0 Å². The molecule has 1 aromatic heterocycles. The van der Waals surface area contributed by atoms with Gasteiger partial charge in [0.1, 0.15) is 11.5 Å². The van der Waals surface area contributed by atoms with Crippen LogP contribution < -0.4 is 19.5 Å². The first-order valence-electron chi connectivity index (χ1n) is 8.02. The van der Waals surface area contributed by atoms with E-state index >= 15 is 0 Å². The number of halogens is 3. The van der Waals surface area contributed by atoms with E-state index in [1.807, 2.05) is 19.9 Å². The van der Waals surface area contributed by atoms with Crippen LogP contribution in [0.2, 0.25) is 0 Å². The van der Waals surface area contributed by atoms with Crippen molar-refractivity contribution < 1.29 is 27.4 Å². The number of ether oxygens (including phenoxy) is 3. The summed E-state index contributed by atoms with van der Waals surface area (Å²) < 4.78 is 51.7. The number of methoxy groups -OCH3 is 2. The van der Waals surface area contributed by atoms with Gasteiger partial charge in [-0.25, -0.2) is 4.98 Å². The number of rotatable bonds is 7. The Morgan fingerprint density at radius 1 is 1.12 bits per heavy atom. The van der Waals surface area contributed by atoms with Crippen LogP contribution in [0.4, 0.5) is 18.9 Å². The summed E-state index contributed by atoms with van der Waals surface area (Å²) in [5, 5.41) is 3.23. The van der Waals surface area contributed by atoms with Gasteiger partial charge in [-0.2, -0.15) is 0 Å². The number of aromatic nitrogens is 1. The van der Waals surface area contributed by atoms with Gasteiger partial charge < -0.3 is 19.5 Å². The lowest BCUT2D eigenvalue weighted by Gasteiger charge is -2.16. The molecule has 0 amide bonds. The lowest BCUT2D eigenvalue weighted by molar-refractivity contribution is -0.274. The normalized spacial score (nSPS) is 11.2. The predicted molar refractivity (Wildman–Crippen MR) is 93.0 cm³/mol. The zero-order chi connectivity index (χ0) is 19.3. The molecule has 1 N–H and O–H groups in total. The number of pyridine rings is 1. The Hall–Kier alpha value is -2.64. The van der Waals surface area contributed by atoms with Crippen molar-refractivity contribution in [2.45, 2.75) is 26.6 Å². The summed E-state index contributed by atoms with van der Waals surface area (Å²) in [6.45, 7) is 4.67. The van der Waals surface area contributed by atoms with Gasteiger partial charge in [-0.15, -0.1) is 13.2 Å². The molecule has 0 bridgehead atoms. The number of anilines is 1. The number of aryl methyl sites for hydroxylation is 1. The number of benzene rings is 1. The molecule has 0 aliphatic rings. The summed E-state index contributed by atoms with van der Waals surface area (Å²) >= 11 is 0. The third-order valence-corrected chi connectivity index (χ3v) is 3.60. The van der Waals surface area contributed by atoms with Crippen LogP contribution in [-0.2, 0) is 0 Å². The lowest BCUT2D eigenvalue weighted by Crippen LogP contribution is -2.17. The fraction of sp³-hybridized carbons (Fsp3) is 0.389. The molecule has 0 aliphatic heterocycles. The molecule has 1 heterocycles. The van der Waals surface area contributed by atoms with E-state index in [4.69, 9.17) is 9.47 Å². The fourth-order valence-corrected chi connectivity index (χ4v) is 2.48. The molecule has 0 spiro atoms. The topological polar surface area (TPSA) is 52.6 Å². The van der Waals surface area contributed by atoms with Crippen molar-refractivity contribution >= 4 is 5.69 Å². The highest BCUT2D eigenvalue weighted by molar-refractivity contribution is 5.74. The van der Waals surface area contributed by atoms with E-state index in [0.29, 0.717) is 17.1 Å². The zero-order valence-corrected chi connectivity index (χ0v) is 15.0. The molecule has 2 aromatic rings. The maximum atomic E-state index is 12.4. The molecule has 5 nitrogen and oxygen atoms in total. The largest absolute Gasteiger partial charge is 0.573 e. The minimum atomic E-state index is -4.77. The lowest BCUT2D eigenvalue weighted by atomic mass is 10.0. The molecule has 8 heteroatoms. The van der Waals surface area contributed by atoms with Crippen LogP contribution in [0.25, 0.3) is 11.3 Å². The van der Waals surface area contributed by atoms with Crippen molar-refractivity contribution in [3.05, 3.63) is 29.8 Å². The van der Waals surface area contributed by atoms with Crippen molar-refractivity contribution in [3.8, 4) is 28.6 Å². The second-order valence-electron chi connectivity index (χ2n) is 5.55. The Morgan fingerprint density at radius 2 is 1.85 bits per heavy atom. The van der Waals surface area contributed by atoms with E-state index in [2.05, 4.69) is 15.0 Å². The van der Waals surface area contributed by atoms with Crippen molar-refractivity contribution in [2.75, 3.05) is 26.1 Å². The standard InChI is InChI=1S/C18H21F3N2O3/c1-5-8-22-14-9-11(2)16(23-17(14)25-4)13-7-6-12(10-15(13)24-3)26-18(19,20)21/h6-7,9-10,22H,5,8H2,1-4H3. The van der Waals surface area contributed by atoms with Crippen molar-refractivity contribution in [1.29, 1.82) is 0 Å². The number of nitrogens with one attached hydrogen (secondary N) is 1. The van der Waals surface area contributed by atoms with E-state index in [1.165, 1.54) is 32.4 Å². The smallest absolute Gasteiger partial charge is 0.496 e. The van der Waals surface area contributed by atoms with Crippen molar-refractivity contribution in [3.63, 3.8) is 0 Å². The third-order valence-electron chi connectivity index (χ3n) is 3.60. The Balaban J connectivity index is 2.46. The van der Waals surface area contributed by atoms with Gasteiger partial charge in [0.15, 0.2) is 0 Å². The minimum Gasteiger partial charge on any atom is -0.496 e. The van der Waals surface area contributed by atoms with Crippen LogP contribution in [0, 0.1) is 6.92 Å². The van der Waals surface area contributed by atoms with E-state index in [9.17, 15) is 13.2 Å². The highest BCUT2D eigenvalue weighted by Crippen LogP contribution is 2.38. The van der Waals surface area contributed by atoms with Gasteiger partial charge in [-0.1, -0.05) is 6.92 Å². The Labute approximate surface area is 150 Å². The molecule has 0 saturated heterocycles. The predicted octanol–water partition coefficient (Wildman–Crippen LogP) is 4.79. The molecular formula is C18H21F3N2O3. The summed E-state index contributed by atoms with van der Waals surface area (Å²) in [5.41, 5.74) is 2.68. The Kier molecular flexibility index (Phi) is 6.18. The van der Waals surface area contributed by atoms with Crippen LogP contribution in [-0.4, -0.2) is 32.1 Å². The maximum Gasteiger partial charge on any atom is 0.573 e. The van der Waals surface area contributed by atoms with Crippen LogP contribution >= 0.6 is 0 Å². The Bertz CT molecular complexity index is 764. The van der Waals surface area contributed by atoms with Crippen molar-refractivity contribution in [1.82, 2.24) is 4.98 Å². The third kappa shape index (κ3) is 4.71. The van der Waals surface area contributed by atoms with Crippen LogP contribution in [0.5, 0.6) is 17.4 Å². The molecule has 26 heavy (non-hydrogen) atoms. The van der Waals surface area contributed by atoms with E-state index in [0.717, 1.165) is 24.2 Å². The van der Waals surface area contributed by atoms with Gasteiger partial charge in [-0.3, -0.25) is 0 Å². The first-order valence-corrected chi connectivity index (χ1v) is 8.02. The van der Waals surface area contributed by atoms with Gasteiger partial charge in [0.2, 0.25) is 5.88 Å². The molecular weight excluding hydrogens is 349 g/mol. The van der Waals surface area contributed by atoms with E-state index < -0.39 is 6.36 Å². The molecule has 0 unspecified atom stereocenters. The summed E-state index contributed by atoms with van der Waals surface area (Å²) in [7, 11) is 2.88. The molecule has 0 aliphatic carbocycles. The molecule has 0 fully saturated rings. The maximum absolute atomic E-state index is 12.4. The number of hydrogen-bond donors (Lipinski definition) is 1. The fourth-order valence-electron chi connectivity index (χ4n) is 2.48. The Morgan fingerprint density at radius 3 is 2.42 bits per heavy atom. The van der Waals surface area contributed by atoms with Crippen LogP contribution in [0.15, 0.2) is 24.3 Å². The molecule has 0 atom stereocenters. The average molecular weight is 370 g/mol. The molecule has 0 saturated carbocycles. The SMILES string of the molecule is CCCNc1cc(C)c(-c2ccc(OC(F)(F)F)cc2OC)nc1OC. The summed E-state index contributed by atoms with van der Waals surface area (Å²) in [5.74, 6) is 0.263. The highest BCUT2D eigenvalue weighted by atomic mass is 19.4. The van der Waals surface area contributed by atoms with Gasteiger partial charge in [0, 0.05) is 18.2 Å². The van der Waals surface area contributed by atoms with Crippen LogP contribution in [0.1, 0.15) is 18.9 Å². The van der Waals surface area contributed by atoms with Crippen molar-refractivity contribution in [2.24, 2.45) is 0 Å². The average Bonchev–Trinajstić information content (AvgIpc) is 2.58. The van der Waals surface area contributed by atoms with Gasteiger partial charge >= 0.3 is 6.36 Å². The number of hydrogen-bond acceptors (Lipinski definition) is 5.